The summed E-state index contributed by atoms with van der Waals surface area (Å²) < 4.78 is 2.11. The zero-order valence-corrected chi connectivity index (χ0v) is 15.4. The molecule has 0 radical (unpaired) electrons. The Morgan fingerprint density at radius 2 is 1.96 bits per heavy atom. The lowest BCUT2D eigenvalue weighted by atomic mass is 10.1. The van der Waals surface area contributed by atoms with E-state index < -0.39 is 4.92 Å². The van der Waals surface area contributed by atoms with Gasteiger partial charge >= 0.3 is 0 Å². The molecule has 0 amide bonds. The molecule has 1 N–H and O–H groups in total. The van der Waals surface area contributed by atoms with Gasteiger partial charge in [-0.05, 0) is 36.2 Å². The summed E-state index contributed by atoms with van der Waals surface area (Å²) in [6.45, 7) is 3.42. The second-order valence-electron chi connectivity index (χ2n) is 6.61. The number of nitro benzene ring substituents is 1. The molecule has 28 heavy (non-hydrogen) atoms. The Morgan fingerprint density at radius 3 is 2.75 bits per heavy atom. The number of anilines is 1. The fourth-order valence-corrected chi connectivity index (χ4v) is 3.12. The lowest BCUT2D eigenvalue weighted by molar-refractivity contribution is -0.384. The third kappa shape index (κ3) is 3.83. The standard InChI is InChI=1S/C21H19N5O2/c1-15-22-9-10-25(15)14-17-4-2-3-16(11-17)13-23-21-8-5-18-12-19(26(27)28)6-7-20(18)24-21/h2-12H,13-14H2,1H3,(H,23,24). The van der Waals surface area contributed by atoms with Gasteiger partial charge in [-0.1, -0.05) is 24.3 Å². The van der Waals surface area contributed by atoms with Crippen molar-refractivity contribution in [2.24, 2.45) is 0 Å². The minimum atomic E-state index is -0.399. The summed E-state index contributed by atoms with van der Waals surface area (Å²) in [5.41, 5.74) is 3.15. The van der Waals surface area contributed by atoms with Crippen molar-refractivity contribution in [2.75, 3.05) is 5.32 Å². The average molecular weight is 373 g/mol. The Labute approximate surface area is 161 Å². The molecule has 0 unspecified atom stereocenters. The van der Waals surface area contributed by atoms with Crippen LogP contribution in [0.1, 0.15) is 17.0 Å². The van der Waals surface area contributed by atoms with Gasteiger partial charge in [-0.2, -0.15) is 0 Å². The molecule has 0 aliphatic heterocycles. The van der Waals surface area contributed by atoms with Crippen LogP contribution in [0.5, 0.6) is 0 Å². The highest BCUT2D eigenvalue weighted by Crippen LogP contribution is 2.21. The topological polar surface area (TPSA) is 85.9 Å². The molecular formula is C21H19N5O2. The van der Waals surface area contributed by atoms with Crippen LogP contribution in [0.15, 0.2) is 67.0 Å². The molecule has 0 aliphatic rings. The number of hydrogen-bond acceptors (Lipinski definition) is 5. The number of nitrogens with zero attached hydrogens (tertiary/aromatic N) is 4. The maximum Gasteiger partial charge on any atom is 0.270 e. The second-order valence-corrected chi connectivity index (χ2v) is 6.61. The quantitative estimate of drug-likeness (QED) is 0.402. The number of aromatic nitrogens is 3. The molecule has 140 valence electrons. The van der Waals surface area contributed by atoms with Crippen LogP contribution in [0.4, 0.5) is 11.5 Å². The zero-order chi connectivity index (χ0) is 19.5. The maximum absolute atomic E-state index is 10.9. The lowest BCUT2D eigenvalue weighted by Crippen LogP contribution is -2.04. The number of non-ortho nitro benzene ring substituents is 1. The van der Waals surface area contributed by atoms with E-state index in [9.17, 15) is 10.1 Å². The van der Waals surface area contributed by atoms with E-state index in [4.69, 9.17) is 0 Å². The van der Waals surface area contributed by atoms with Gasteiger partial charge in [0.05, 0.1) is 10.4 Å². The third-order valence-electron chi connectivity index (χ3n) is 4.63. The fourth-order valence-electron chi connectivity index (χ4n) is 3.12. The number of pyridine rings is 1. The minimum Gasteiger partial charge on any atom is -0.366 e. The zero-order valence-electron chi connectivity index (χ0n) is 15.4. The van der Waals surface area contributed by atoms with Gasteiger partial charge in [0.1, 0.15) is 11.6 Å². The van der Waals surface area contributed by atoms with Gasteiger partial charge in [0.15, 0.2) is 0 Å². The van der Waals surface area contributed by atoms with Gasteiger partial charge in [0.2, 0.25) is 0 Å². The van der Waals surface area contributed by atoms with E-state index in [1.807, 2.05) is 31.3 Å². The molecule has 7 nitrogen and oxygen atoms in total. The molecule has 7 heteroatoms. The monoisotopic (exact) mass is 373 g/mol. The van der Waals surface area contributed by atoms with Gasteiger partial charge in [-0.25, -0.2) is 9.97 Å². The molecule has 0 aliphatic carbocycles. The molecule has 2 heterocycles. The first-order valence-corrected chi connectivity index (χ1v) is 8.93. The van der Waals surface area contributed by atoms with Crippen molar-refractivity contribution < 1.29 is 4.92 Å². The number of imidazole rings is 1. The van der Waals surface area contributed by atoms with Crippen LogP contribution in [0.3, 0.4) is 0 Å². The summed E-state index contributed by atoms with van der Waals surface area (Å²) in [4.78, 5) is 19.3. The number of nitro groups is 1. The fraction of sp³-hybridized carbons (Fsp3) is 0.143. The summed E-state index contributed by atoms with van der Waals surface area (Å²) in [7, 11) is 0. The summed E-state index contributed by atoms with van der Waals surface area (Å²) >= 11 is 0. The van der Waals surface area contributed by atoms with Crippen molar-refractivity contribution in [3.63, 3.8) is 0 Å². The van der Waals surface area contributed by atoms with Gasteiger partial charge < -0.3 is 9.88 Å². The Hall–Kier alpha value is -3.74. The molecule has 2 aromatic carbocycles. The van der Waals surface area contributed by atoms with Crippen molar-refractivity contribution in [1.29, 1.82) is 0 Å². The van der Waals surface area contributed by atoms with Crippen LogP contribution in [0.25, 0.3) is 10.9 Å². The van der Waals surface area contributed by atoms with E-state index in [0.717, 1.165) is 34.7 Å². The van der Waals surface area contributed by atoms with E-state index in [1.165, 1.54) is 17.7 Å². The highest BCUT2D eigenvalue weighted by Gasteiger charge is 2.07. The molecule has 0 spiro atoms. The van der Waals surface area contributed by atoms with Crippen LogP contribution in [0.2, 0.25) is 0 Å². The van der Waals surface area contributed by atoms with Gasteiger partial charge in [0, 0.05) is 43.0 Å². The third-order valence-corrected chi connectivity index (χ3v) is 4.63. The van der Waals surface area contributed by atoms with Crippen LogP contribution in [-0.2, 0) is 13.1 Å². The van der Waals surface area contributed by atoms with E-state index >= 15 is 0 Å². The number of benzene rings is 2. The predicted octanol–water partition coefficient (Wildman–Crippen LogP) is 4.31. The molecule has 0 atom stereocenters. The highest BCUT2D eigenvalue weighted by atomic mass is 16.6. The van der Waals surface area contributed by atoms with E-state index in [0.29, 0.717) is 6.54 Å². The van der Waals surface area contributed by atoms with Crippen molar-refractivity contribution in [1.82, 2.24) is 14.5 Å². The molecule has 4 rings (SSSR count). The number of nitrogens with one attached hydrogen (secondary N) is 1. The largest absolute Gasteiger partial charge is 0.366 e. The van der Waals surface area contributed by atoms with Crippen LogP contribution in [-0.4, -0.2) is 19.5 Å². The smallest absolute Gasteiger partial charge is 0.270 e. The van der Waals surface area contributed by atoms with Crippen molar-refractivity contribution in [3.05, 3.63) is 94.1 Å². The first-order chi connectivity index (χ1) is 13.6. The first kappa shape index (κ1) is 17.7. The Morgan fingerprint density at radius 1 is 1.11 bits per heavy atom. The van der Waals surface area contributed by atoms with E-state index in [1.54, 1.807) is 12.3 Å². The second kappa shape index (κ2) is 7.48. The number of hydrogen-bond donors (Lipinski definition) is 1. The van der Waals surface area contributed by atoms with Crippen LogP contribution < -0.4 is 5.32 Å². The van der Waals surface area contributed by atoms with Crippen LogP contribution in [0, 0.1) is 17.0 Å². The SMILES string of the molecule is Cc1nccn1Cc1cccc(CNc2ccc3cc([N+](=O)[O-])ccc3n2)c1. The van der Waals surface area contributed by atoms with Gasteiger partial charge in [-0.15, -0.1) is 0 Å². The van der Waals surface area contributed by atoms with Crippen molar-refractivity contribution in [2.45, 2.75) is 20.0 Å². The normalized spacial score (nSPS) is 10.9. The highest BCUT2D eigenvalue weighted by molar-refractivity contribution is 5.82. The summed E-state index contributed by atoms with van der Waals surface area (Å²) in [5, 5.41) is 15.0. The molecule has 0 fully saturated rings. The molecule has 0 bridgehead atoms. The summed E-state index contributed by atoms with van der Waals surface area (Å²) in [6, 6.07) is 16.7. The van der Waals surface area contributed by atoms with Gasteiger partial charge in [0.25, 0.3) is 5.69 Å². The first-order valence-electron chi connectivity index (χ1n) is 8.93. The van der Waals surface area contributed by atoms with Crippen molar-refractivity contribution >= 4 is 22.4 Å². The van der Waals surface area contributed by atoms with Crippen molar-refractivity contribution in [3.8, 4) is 0 Å². The summed E-state index contributed by atoms with van der Waals surface area (Å²) in [5.74, 6) is 1.72. The molecule has 2 aromatic heterocycles. The van der Waals surface area contributed by atoms with E-state index in [2.05, 4.69) is 38.1 Å². The predicted molar refractivity (Wildman–Crippen MR) is 108 cm³/mol. The minimum absolute atomic E-state index is 0.0694. The maximum atomic E-state index is 10.9. The molecule has 0 saturated heterocycles. The average Bonchev–Trinajstić information content (AvgIpc) is 3.10. The Kier molecular flexibility index (Phi) is 4.72. The number of aryl methyl sites for hydroxylation is 1. The number of fused-ring (bicyclic) bond motifs is 1. The van der Waals surface area contributed by atoms with Gasteiger partial charge in [-0.3, -0.25) is 10.1 Å². The number of rotatable bonds is 6. The molecular weight excluding hydrogens is 354 g/mol. The lowest BCUT2D eigenvalue weighted by Gasteiger charge is -2.10. The molecule has 0 saturated carbocycles. The Balaban J connectivity index is 1.47. The Bertz CT molecular complexity index is 1150. The summed E-state index contributed by atoms with van der Waals surface area (Å²) in [6.07, 6.45) is 3.78. The molecule has 4 aromatic rings. The van der Waals surface area contributed by atoms with Crippen LogP contribution >= 0.6 is 0 Å². The van der Waals surface area contributed by atoms with E-state index in [-0.39, 0.29) is 5.69 Å².